The third-order valence-corrected chi connectivity index (χ3v) is 8.39. The third kappa shape index (κ3) is 4.80. The lowest BCUT2D eigenvalue weighted by Crippen LogP contribution is -2.42. The van der Waals surface area contributed by atoms with Gasteiger partial charge in [0.2, 0.25) is 10.0 Å². The first-order valence-electron chi connectivity index (χ1n) is 11.5. The molecule has 1 atom stereocenters. The molecule has 186 valence electrons. The fraction of sp³-hybridized carbons (Fsp3) is 0.522. The summed E-state index contributed by atoms with van der Waals surface area (Å²) < 4.78 is 29.3. The molecule has 11 heteroatoms. The lowest BCUT2D eigenvalue weighted by molar-refractivity contribution is 0.0992. The van der Waals surface area contributed by atoms with Crippen LogP contribution in [0.2, 0.25) is 0 Å². The van der Waals surface area contributed by atoms with Crippen molar-refractivity contribution in [1.29, 1.82) is 0 Å². The van der Waals surface area contributed by atoms with E-state index in [2.05, 4.69) is 4.98 Å². The number of aryl methyl sites for hydroxylation is 1. The summed E-state index contributed by atoms with van der Waals surface area (Å²) in [7, 11) is -2.41. The standard InChI is InChI=1S/C23H33N5O5S/c1-5-6-12-27-20(24)19(21(29)25-23(27)31)26(4)22(30)18-14-17(11-10-15(18)2)34(32,33)28-13-8-7-9-16(28)3/h10-11,14,16H,5-9,12-13,24H2,1-4H3,(H,25,29,31). The van der Waals surface area contributed by atoms with Gasteiger partial charge in [-0.25, -0.2) is 13.2 Å². The number of piperidine rings is 1. The predicted octanol–water partition coefficient (Wildman–Crippen LogP) is 2.07. The number of amides is 1. The second kappa shape index (κ2) is 10.1. The molecule has 34 heavy (non-hydrogen) atoms. The zero-order chi connectivity index (χ0) is 25.2. The fourth-order valence-electron chi connectivity index (χ4n) is 4.28. The number of H-pyrrole nitrogens is 1. The van der Waals surface area contributed by atoms with Gasteiger partial charge in [0.1, 0.15) is 5.82 Å². The van der Waals surface area contributed by atoms with Crippen molar-refractivity contribution in [3.8, 4) is 0 Å². The van der Waals surface area contributed by atoms with Crippen LogP contribution < -0.4 is 21.9 Å². The van der Waals surface area contributed by atoms with Gasteiger partial charge in [0.25, 0.3) is 11.5 Å². The largest absolute Gasteiger partial charge is 0.383 e. The Morgan fingerprint density at radius 1 is 1.26 bits per heavy atom. The Bertz CT molecular complexity index is 1300. The van der Waals surface area contributed by atoms with Gasteiger partial charge >= 0.3 is 5.69 Å². The van der Waals surface area contributed by atoms with Crippen molar-refractivity contribution < 1.29 is 13.2 Å². The van der Waals surface area contributed by atoms with E-state index in [-0.39, 0.29) is 28.0 Å². The number of nitrogens with two attached hydrogens (primary N) is 1. The van der Waals surface area contributed by atoms with Crippen LogP contribution in [0.5, 0.6) is 0 Å². The maximum absolute atomic E-state index is 13.4. The number of aromatic amines is 1. The molecule has 0 spiro atoms. The zero-order valence-electron chi connectivity index (χ0n) is 20.1. The molecular formula is C23H33N5O5S. The summed E-state index contributed by atoms with van der Waals surface area (Å²) >= 11 is 0. The van der Waals surface area contributed by atoms with Crippen LogP contribution in [0.15, 0.2) is 32.7 Å². The molecule has 1 aromatic heterocycles. The molecule has 1 unspecified atom stereocenters. The number of hydrogen-bond donors (Lipinski definition) is 2. The maximum atomic E-state index is 13.4. The fourth-order valence-corrected chi connectivity index (χ4v) is 6.00. The van der Waals surface area contributed by atoms with Crippen molar-refractivity contribution in [2.75, 3.05) is 24.2 Å². The first-order valence-corrected chi connectivity index (χ1v) is 13.0. The van der Waals surface area contributed by atoms with Gasteiger partial charge in [0, 0.05) is 31.7 Å². The molecule has 1 aromatic carbocycles. The average molecular weight is 492 g/mol. The molecule has 10 nitrogen and oxygen atoms in total. The second-order valence-electron chi connectivity index (χ2n) is 8.80. The van der Waals surface area contributed by atoms with E-state index in [1.807, 2.05) is 13.8 Å². The summed E-state index contributed by atoms with van der Waals surface area (Å²) in [5.74, 6) is -0.708. The van der Waals surface area contributed by atoms with Crippen molar-refractivity contribution >= 4 is 27.4 Å². The van der Waals surface area contributed by atoms with Crippen molar-refractivity contribution in [3.63, 3.8) is 0 Å². The van der Waals surface area contributed by atoms with Gasteiger partial charge in [-0.2, -0.15) is 4.31 Å². The Balaban J connectivity index is 2.03. The van der Waals surface area contributed by atoms with Crippen molar-refractivity contribution in [2.45, 2.75) is 70.4 Å². The first-order chi connectivity index (χ1) is 16.0. The monoisotopic (exact) mass is 491 g/mol. The van der Waals surface area contributed by atoms with E-state index >= 15 is 0 Å². The molecule has 1 aliphatic heterocycles. The molecular weight excluding hydrogens is 458 g/mol. The Kier molecular flexibility index (Phi) is 7.67. The average Bonchev–Trinajstić information content (AvgIpc) is 2.78. The number of benzene rings is 1. The van der Waals surface area contributed by atoms with E-state index in [1.54, 1.807) is 13.0 Å². The molecule has 1 amide bonds. The lowest BCUT2D eigenvalue weighted by Gasteiger charge is -2.32. The molecule has 1 aliphatic rings. The van der Waals surface area contributed by atoms with Gasteiger partial charge in [-0.15, -0.1) is 0 Å². The number of hydrogen-bond acceptors (Lipinski definition) is 6. The van der Waals surface area contributed by atoms with E-state index in [0.717, 1.165) is 30.6 Å². The van der Waals surface area contributed by atoms with Crippen LogP contribution in [0.4, 0.5) is 11.5 Å². The molecule has 0 saturated carbocycles. The smallest absolute Gasteiger partial charge is 0.330 e. The summed E-state index contributed by atoms with van der Waals surface area (Å²) in [5, 5.41) is 0. The lowest BCUT2D eigenvalue weighted by atomic mass is 10.1. The van der Waals surface area contributed by atoms with Crippen LogP contribution in [0, 0.1) is 6.92 Å². The van der Waals surface area contributed by atoms with Crippen molar-refractivity contribution in [1.82, 2.24) is 13.9 Å². The normalized spacial score (nSPS) is 17.0. The quantitative estimate of drug-likeness (QED) is 0.608. The minimum absolute atomic E-state index is 0.0263. The summed E-state index contributed by atoms with van der Waals surface area (Å²) in [4.78, 5) is 41.5. The molecule has 3 rings (SSSR count). The Morgan fingerprint density at radius 3 is 2.62 bits per heavy atom. The molecule has 0 radical (unpaired) electrons. The highest BCUT2D eigenvalue weighted by Gasteiger charge is 2.32. The third-order valence-electron chi connectivity index (χ3n) is 6.38. The molecule has 2 heterocycles. The van der Waals surface area contributed by atoms with Gasteiger partial charge in [0.05, 0.1) is 4.90 Å². The summed E-state index contributed by atoms with van der Waals surface area (Å²) in [6.45, 7) is 6.27. The summed E-state index contributed by atoms with van der Waals surface area (Å²) in [5.41, 5.74) is 5.25. The zero-order valence-corrected chi connectivity index (χ0v) is 20.9. The van der Waals surface area contributed by atoms with Gasteiger partial charge in [-0.1, -0.05) is 25.8 Å². The van der Waals surface area contributed by atoms with Crippen LogP contribution in [0.3, 0.4) is 0 Å². The number of anilines is 2. The maximum Gasteiger partial charge on any atom is 0.330 e. The van der Waals surface area contributed by atoms with Crippen LogP contribution in [-0.2, 0) is 16.6 Å². The highest BCUT2D eigenvalue weighted by atomic mass is 32.2. The number of sulfonamides is 1. The van der Waals surface area contributed by atoms with Gasteiger partial charge in [0.15, 0.2) is 5.69 Å². The van der Waals surface area contributed by atoms with E-state index in [1.165, 1.54) is 28.1 Å². The molecule has 0 bridgehead atoms. The topological polar surface area (TPSA) is 139 Å². The number of rotatable bonds is 7. The predicted molar refractivity (Wildman–Crippen MR) is 132 cm³/mol. The van der Waals surface area contributed by atoms with E-state index in [0.29, 0.717) is 25.1 Å². The van der Waals surface area contributed by atoms with Gasteiger partial charge < -0.3 is 10.6 Å². The molecule has 2 aromatic rings. The number of nitrogens with one attached hydrogen (secondary N) is 1. The van der Waals surface area contributed by atoms with Crippen LogP contribution in [0.1, 0.15) is 61.9 Å². The van der Waals surface area contributed by atoms with Crippen molar-refractivity contribution in [3.05, 3.63) is 50.2 Å². The van der Waals surface area contributed by atoms with Gasteiger partial charge in [-0.05, 0) is 50.8 Å². The van der Waals surface area contributed by atoms with Crippen LogP contribution in [-0.4, -0.2) is 47.8 Å². The molecule has 0 aliphatic carbocycles. The summed E-state index contributed by atoms with van der Waals surface area (Å²) in [6, 6.07) is 4.31. The minimum Gasteiger partial charge on any atom is -0.383 e. The van der Waals surface area contributed by atoms with Crippen LogP contribution in [0.25, 0.3) is 0 Å². The number of nitrogens with zero attached hydrogens (tertiary/aromatic N) is 3. The Hall–Kier alpha value is -2.92. The number of unbranched alkanes of at least 4 members (excludes halogenated alkanes) is 1. The highest BCUT2D eigenvalue weighted by molar-refractivity contribution is 7.89. The van der Waals surface area contributed by atoms with Crippen LogP contribution >= 0.6 is 0 Å². The first kappa shape index (κ1) is 25.7. The number of carbonyl (C=O) groups is 1. The van der Waals surface area contributed by atoms with Crippen molar-refractivity contribution in [2.24, 2.45) is 0 Å². The minimum atomic E-state index is -3.79. The summed E-state index contributed by atoms with van der Waals surface area (Å²) in [6.07, 6.45) is 4.04. The second-order valence-corrected chi connectivity index (χ2v) is 10.7. The number of aromatic nitrogens is 2. The van der Waals surface area contributed by atoms with Gasteiger partial charge in [-0.3, -0.25) is 19.1 Å². The SMILES string of the molecule is CCCCn1c(N)c(N(C)C(=O)c2cc(S(=O)(=O)N3CCCCC3C)ccc2C)c(=O)[nH]c1=O. The van der Waals surface area contributed by atoms with E-state index in [4.69, 9.17) is 5.73 Å². The molecule has 1 saturated heterocycles. The Labute approximate surface area is 199 Å². The molecule has 1 fully saturated rings. The highest BCUT2D eigenvalue weighted by Crippen LogP contribution is 2.27. The number of nitrogen functional groups attached to an aromatic ring is 1. The van der Waals surface area contributed by atoms with E-state index in [9.17, 15) is 22.8 Å². The number of carbonyl (C=O) groups excluding carboxylic acids is 1. The van der Waals surface area contributed by atoms with E-state index < -0.39 is 27.2 Å². The molecule has 3 N–H and O–H groups in total. The Morgan fingerprint density at radius 2 is 1.97 bits per heavy atom.